The highest BCUT2D eigenvalue weighted by Crippen LogP contribution is 2.26. The van der Waals surface area contributed by atoms with Crippen molar-refractivity contribution >= 4 is 34.0 Å². The highest BCUT2D eigenvalue weighted by molar-refractivity contribution is 6.07. The van der Waals surface area contributed by atoms with E-state index in [0.717, 1.165) is 22.0 Å². The summed E-state index contributed by atoms with van der Waals surface area (Å²) in [5, 5.41) is 7.80. The zero-order valence-corrected chi connectivity index (χ0v) is 12.3. The lowest BCUT2D eigenvalue weighted by molar-refractivity contribution is -0.115. The van der Waals surface area contributed by atoms with Gasteiger partial charge in [0.25, 0.3) is 5.91 Å². The summed E-state index contributed by atoms with van der Waals surface area (Å²) in [5.74, 6) is -0.175. The minimum absolute atomic E-state index is 0.0157. The number of amides is 2. The molecule has 0 aliphatic carbocycles. The van der Waals surface area contributed by atoms with Crippen LogP contribution in [0.2, 0.25) is 0 Å². The molecule has 2 N–H and O–H groups in total. The molecule has 23 heavy (non-hydrogen) atoms. The van der Waals surface area contributed by atoms with Crippen molar-refractivity contribution in [3.05, 3.63) is 71.8 Å². The third-order valence-corrected chi connectivity index (χ3v) is 4.00. The zero-order chi connectivity index (χ0) is 15.8. The average molecular weight is 302 g/mol. The Balaban J connectivity index is 1.59. The summed E-state index contributed by atoms with van der Waals surface area (Å²) in [6.07, 6.45) is 0.356. The molecule has 0 radical (unpaired) electrons. The van der Waals surface area contributed by atoms with E-state index in [-0.39, 0.29) is 11.8 Å². The quantitative estimate of drug-likeness (QED) is 0.760. The van der Waals surface area contributed by atoms with Gasteiger partial charge in [-0.05, 0) is 46.7 Å². The molecule has 0 bridgehead atoms. The molecule has 0 saturated heterocycles. The Labute approximate surface area is 133 Å². The number of carbonyl (C=O) groups is 2. The molecule has 0 spiro atoms. The number of fused-ring (bicyclic) bond motifs is 2. The van der Waals surface area contributed by atoms with Crippen molar-refractivity contribution < 1.29 is 9.59 Å². The summed E-state index contributed by atoms with van der Waals surface area (Å²) >= 11 is 0. The van der Waals surface area contributed by atoms with Crippen molar-refractivity contribution in [1.29, 1.82) is 0 Å². The molecule has 3 aromatic rings. The molecule has 4 nitrogen and oxygen atoms in total. The summed E-state index contributed by atoms with van der Waals surface area (Å²) in [6, 6.07) is 19.0. The molecule has 0 unspecified atom stereocenters. The van der Waals surface area contributed by atoms with E-state index in [2.05, 4.69) is 10.6 Å². The van der Waals surface area contributed by atoms with Gasteiger partial charge in [-0.1, -0.05) is 30.3 Å². The Morgan fingerprint density at radius 2 is 1.78 bits per heavy atom. The summed E-state index contributed by atoms with van der Waals surface area (Å²) in [4.78, 5) is 23.8. The van der Waals surface area contributed by atoms with E-state index in [1.54, 1.807) is 6.07 Å². The van der Waals surface area contributed by atoms with Crippen LogP contribution in [0.15, 0.2) is 60.7 Å². The van der Waals surface area contributed by atoms with E-state index in [4.69, 9.17) is 0 Å². The van der Waals surface area contributed by atoms with Gasteiger partial charge in [0.05, 0.1) is 6.42 Å². The monoisotopic (exact) mass is 302 g/mol. The molecule has 0 saturated carbocycles. The van der Waals surface area contributed by atoms with Gasteiger partial charge in [-0.3, -0.25) is 9.59 Å². The Hall–Kier alpha value is -3.14. The van der Waals surface area contributed by atoms with Crippen LogP contribution in [0.1, 0.15) is 15.9 Å². The van der Waals surface area contributed by atoms with Crippen molar-refractivity contribution in [2.24, 2.45) is 0 Å². The molecular formula is C19H14N2O2. The molecule has 0 fully saturated rings. The molecular weight excluding hydrogens is 288 g/mol. The molecule has 1 aliphatic rings. The minimum Gasteiger partial charge on any atom is -0.326 e. The number of nitrogens with one attached hydrogen (secondary N) is 2. The van der Waals surface area contributed by atoms with Gasteiger partial charge in [0.2, 0.25) is 5.91 Å². The zero-order valence-electron chi connectivity index (χ0n) is 12.3. The minimum atomic E-state index is -0.159. The molecule has 0 aromatic heterocycles. The predicted molar refractivity (Wildman–Crippen MR) is 90.7 cm³/mol. The van der Waals surface area contributed by atoms with Crippen LogP contribution in [0.5, 0.6) is 0 Å². The first-order chi connectivity index (χ1) is 11.2. The van der Waals surface area contributed by atoms with Crippen LogP contribution in [0.25, 0.3) is 10.8 Å². The number of hydrogen-bond donors (Lipinski definition) is 2. The van der Waals surface area contributed by atoms with E-state index in [1.165, 1.54) is 0 Å². The van der Waals surface area contributed by atoms with Crippen LogP contribution >= 0.6 is 0 Å². The summed E-state index contributed by atoms with van der Waals surface area (Å²) < 4.78 is 0. The van der Waals surface area contributed by atoms with Gasteiger partial charge in [-0.15, -0.1) is 0 Å². The molecule has 4 heteroatoms. The third-order valence-electron chi connectivity index (χ3n) is 4.00. The van der Waals surface area contributed by atoms with Crippen LogP contribution in [0.4, 0.5) is 11.4 Å². The number of benzene rings is 3. The Morgan fingerprint density at radius 1 is 0.957 bits per heavy atom. The lowest BCUT2D eigenvalue weighted by Gasteiger charge is -2.08. The summed E-state index contributed by atoms with van der Waals surface area (Å²) in [7, 11) is 0. The smallest absolute Gasteiger partial charge is 0.255 e. The third kappa shape index (κ3) is 2.55. The number of carbonyl (C=O) groups excluding carboxylic acids is 2. The molecule has 1 aliphatic heterocycles. The van der Waals surface area contributed by atoms with Crippen LogP contribution in [0.3, 0.4) is 0 Å². The number of anilines is 2. The lowest BCUT2D eigenvalue weighted by atomic mass is 10.1. The normalized spacial score (nSPS) is 12.8. The number of hydrogen-bond acceptors (Lipinski definition) is 2. The van der Waals surface area contributed by atoms with Gasteiger partial charge in [-0.2, -0.15) is 0 Å². The van der Waals surface area contributed by atoms with Gasteiger partial charge in [-0.25, -0.2) is 0 Å². The number of rotatable bonds is 2. The first-order valence-electron chi connectivity index (χ1n) is 7.42. The predicted octanol–water partition coefficient (Wildman–Crippen LogP) is 3.59. The Bertz CT molecular complexity index is 947. The topological polar surface area (TPSA) is 58.2 Å². The van der Waals surface area contributed by atoms with Gasteiger partial charge < -0.3 is 10.6 Å². The average Bonchev–Trinajstić information content (AvgIpc) is 2.93. The van der Waals surface area contributed by atoms with Crippen molar-refractivity contribution in [3.63, 3.8) is 0 Å². The first-order valence-corrected chi connectivity index (χ1v) is 7.42. The molecule has 0 atom stereocenters. The van der Waals surface area contributed by atoms with Gasteiger partial charge in [0.1, 0.15) is 0 Å². The maximum atomic E-state index is 12.4. The second-order valence-electron chi connectivity index (χ2n) is 5.61. The van der Waals surface area contributed by atoms with E-state index in [0.29, 0.717) is 17.7 Å². The van der Waals surface area contributed by atoms with E-state index in [9.17, 15) is 9.59 Å². The van der Waals surface area contributed by atoms with Gasteiger partial charge in [0, 0.05) is 16.9 Å². The maximum Gasteiger partial charge on any atom is 0.255 e. The van der Waals surface area contributed by atoms with Crippen molar-refractivity contribution in [1.82, 2.24) is 0 Å². The van der Waals surface area contributed by atoms with Crippen molar-refractivity contribution in [2.75, 3.05) is 10.6 Å². The van der Waals surface area contributed by atoms with Crippen LogP contribution in [0, 0.1) is 0 Å². The second-order valence-corrected chi connectivity index (χ2v) is 5.61. The summed E-state index contributed by atoms with van der Waals surface area (Å²) in [5.41, 5.74) is 3.03. The maximum absolute atomic E-state index is 12.4. The molecule has 4 rings (SSSR count). The summed E-state index contributed by atoms with van der Waals surface area (Å²) in [6.45, 7) is 0. The van der Waals surface area contributed by atoms with Crippen LogP contribution in [-0.4, -0.2) is 11.8 Å². The van der Waals surface area contributed by atoms with Gasteiger partial charge >= 0.3 is 0 Å². The van der Waals surface area contributed by atoms with Crippen molar-refractivity contribution in [2.45, 2.75) is 6.42 Å². The molecule has 112 valence electrons. The first kappa shape index (κ1) is 13.5. The molecule has 3 aromatic carbocycles. The Kier molecular flexibility index (Phi) is 3.08. The standard InChI is InChI=1S/C19H14N2O2/c22-18-11-15-10-16(7-8-17(15)21-18)20-19(23)14-6-5-12-3-1-2-4-13(12)9-14/h1-10H,11H2,(H,20,23)(H,21,22). The highest BCUT2D eigenvalue weighted by atomic mass is 16.2. The van der Waals surface area contributed by atoms with Crippen LogP contribution in [-0.2, 0) is 11.2 Å². The van der Waals surface area contributed by atoms with Crippen molar-refractivity contribution in [3.8, 4) is 0 Å². The second kappa shape index (κ2) is 5.25. The van der Waals surface area contributed by atoms with Crippen LogP contribution < -0.4 is 10.6 Å². The van der Waals surface area contributed by atoms with Gasteiger partial charge in [0.15, 0.2) is 0 Å². The van der Waals surface area contributed by atoms with E-state index >= 15 is 0 Å². The van der Waals surface area contributed by atoms with E-state index in [1.807, 2.05) is 54.6 Å². The fourth-order valence-corrected chi connectivity index (χ4v) is 2.84. The Morgan fingerprint density at radius 3 is 2.65 bits per heavy atom. The highest BCUT2D eigenvalue weighted by Gasteiger charge is 2.18. The fraction of sp³-hybridized carbons (Fsp3) is 0.0526. The lowest BCUT2D eigenvalue weighted by Crippen LogP contribution is -2.11. The largest absolute Gasteiger partial charge is 0.326 e. The molecule has 2 amide bonds. The van der Waals surface area contributed by atoms with E-state index < -0.39 is 0 Å². The SMILES string of the molecule is O=C1Cc2cc(NC(=O)c3ccc4ccccc4c3)ccc2N1. The fourth-order valence-electron chi connectivity index (χ4n) is 2.84. The molecule has 1 heterocycles.